The van der Waals surface area contributed by atoms with Gasteiger partial charge in [0.25, 0.3) is 5.69 Å². The average molecular weight is 320 g/mol. The molecule has 1 aromatic carbocycles. The van der Waals surface area contributed by atoms with Gasteiger partial charge in [-0.25, -0.2) is 4.79 Å². The van der Waals surface area contributed by atoms with Crippen molar-refractivity contribution in [3.63, 3.8) is 0 Å². The van der Waals surface area contributed by atoms with Gasteiger partial charge >= 0.3 is 5.63 Å². The van der Waals surface area contributed by atoms with Gasteiger partial charge in [0.15, 0.2) is 0 Å². The molecule has 0 saturated heterocycles. The van der Waals surface area contributed by atoms with Crippen LogP contribution in [0.4, 0.5) is 5.69 Å². The molecule has 0 spiro atoms. The Balaban J connectivity index is 2.72. The molecule has 0 aliphatic heterocycles. The minimum atomic E-state index is -0.768. The molecule has 0 atom stereocenters. The molecule has 0 saturated carbocycles. The number of hydrogen-bond donors (Lipinski definition) is 1. The Morgan fingerprint density at radius 1 is 1.43 bits per heavy atom. The summed E-state index contributed by atoms with van der Waals surface area (Å²) >= 11 is 0. The molecule has 1 aromatic heterocycles. The third-order valence-corrected chi connectivity index (χ3v) is 3.15. The molecule has 1 N–H and O–H groups in total. The fourth-order valence-corrected chi connectivity index (χ4v) is 2.14. The van der Waals surface area contributed by atoms with Gasteiger partial charge in [-0.1, -0.05) is 18.5 Å². The number of non-ortho nitro benzene ring substituents is 1. The van der Waals surface area contributed by atoms with Crippen LogP contribution in [0.5, 0.6) is 5.75 Å². The molecule has 0 aliphatic rings. The molecular weight excluding hydrogens is 304 g/mol. The number of aromatic hydroxyl groups is 1. The van der Waals surface area contributed by atoms with Gasteiger partial charge in [0, 0.05) is 12.1 Å². The highest BCUT2D eigenvalue weighted by molar-refractivity contribution is 6.05. The average Bonchev–Trinajstić information content (AvgIpc) is 2.52. The molecule has 0 amide bonds. The van der Waals surface area contributed by atoms with Crippen LogP contribution in [-0.2, 0) is 4.84 Å². The summed E-state index contributed by atoms with van der Waals surface area (Å²) in [5.41, 5.74) is -0.807. The Hall–Kier alpha value is -2.90. The predicted molar refractivity (Wildman–Crippen MR) is 83.9 cm³/mol. The van der Waals surface area contributed by atoms with E-state index in [1.165, 1.54) is 12.1 Å². The van der Waals surface area contributed by atoms with E-state index in [0.717, 1.165) is 6.07 Å². The molecule has 0 radical (unpaired) electrons. The van der Waals surface area contributed by atoms with E-state index < -0.39 is 16.3 Å². The lowest BCUT2D eigenvalue weighted by Gasteiger charge is -2.08. The summed E-state index contributed by atoms with van der Waals surface area (Å²) in [6, 6.07) is 3.63. The maximum absolute atomic E-state index is 12.2. The van der Waals surface area contributed by atoms with Gasteiger partial charge in [0.2, 0.25) is 0 Å². The van der Waals surface area contributed by atoms with Crippen LogP contribution >= 0.6 is 0 Å². The normalized spacial score (nSPS) is 11.7. The van der Waals surface area contributed by atoms with Gasteiger partial charge < -0.3 is 14.4 Å². The first-order valence-electron chi connectivity index (χ1n) is 7.13. The molecule has 122 valence electrons. The van der Waals surface area contributed by atoms with E-state index in [-0.39, 0.29) is 27.9 Å². The first-order chi connectivity index (χ1) is 11.0. The molecule has 0 fully saturated rings. The van der Waals surface area contributed by atoms with Gasteiger partial charge in [-0.05, 0) is 19.4 Å². The number of hydrogen-bond acceptors (Lipinski definition) is 7. The summed E-state index contributed by atoms with van der Waals surface area (Å²) in [6.45, 7) is 3.92. The van der Waals surface area contributed by atoms with Crippen molar-refractivity contribution >= 4 is 22.4 Å². The van der Waals surface area contributed by atoms with Crippen LogP contribution < -0.4 is 5.63 Å². The second kappa shape index (κ2) is 6.91. The molecule has 0 unspecified atom stereocenters. The van der Waals surface area contributed by atoms with E-state index in [9.17, 15) is 20.0 Å². The molecule has 8 heteroatoms. The van der Waals surface area contributed by atoms with E-state index in [0.29, 0.717) is 19.4 Å². The highest BCUT2D eigenvalue weighted by Crippen LogP contribution is 2.30. The molecule has 0 bridgehead atoms. The number of fused-ring (bicyclic) bond motifs is 1. The van der Waals surface area contributed by atoms with Crippen LogP contribution in [0.3, 0.4) is 0 Å². The maximum Gasteiger partial charge on any atom is 0.349 e. The fourth-order valence-electron chi connectivity index (χ4n) is 2.14. The number of nitro groups is 1. The molecule has 0 aliphatic carbocycles. The summed E-state index contributed by atoms with van der Waals surface area (Å²) in [5, 5.41) is 25.2. The van der Waals surface area contributed by atoms with Crippen molar-refractivity contribution in [2.75, 3.05) is 6.61 Å². The number of nitro benzene ring substituents is 1. The first kappa shape index (κ1) is 16.5. The Morgan fingerprint density at radius 3 is 2.78 bits per heavy atom. The Morgan fingerprint density at radius 2 is 2.17 bits per heavy atom. The Labute approximate surface area is 131 Å². The van der Waals surface area contributed by atoms with Crippen molar-refractivity contribution in [3.05, 3.63) is 44.3 Å². The van der Waals surface area contributed by atoms with Gasteiger partial charge in [-0.2, -0.15) is 0 Å². The zero-order valence-electron chi connectivity index (χ0n) is 12.7. The van der Waals surface area contributed by atoms with E-state index in [4.69, 9.17) is 9.25 Å². The summed E-state index contributed by atoms with van der Waals surface area (Å²) < 4.78 is 5.14. The Kier molecular flexibility index (Phi) is 4.95. The second-order valence-corrected chi connectivity index (χ2v) is 4.76. The lowest BCUT2D eigenvalue weighted by Crippen LogP contribution is -2.15. The van der Waals surface area contributed by atoms with Crippen LogP contribution in [0.1, 0.15) is 32.3 Å². The molecule has 8 nitrogen and oxygen atoms in total. The van der Waals surface area contributed by atoms with Crippen LogP contribution in [0.15, 0.2) is 32.6 Å². The minimum absolute atomic E-state index is 0.0640. The summed E-state index contributed by atoms with van der Waals surface area (Å²) in [5.74, 6) is -0.396. The fraction of sp³-hybridized carbons (Fsp3) is 0.333. The number of benzene rings is 1. The van der Waals surface area contributed by atoms with E-state index in [1.54, 1.807) is 6.92 Å². The van der Waals surface area contributed by atoms with E-state index in [2.05, 4.69) is 5.16 Å². The van der Waals surface area contributed by atoms with Crippen molar-refractivity contribution in [1.29, 1.82) is 0 Å². The van der Waals surface area contributed by atoms with Crippen molar-refractivity contribution in [2.45, 2.75) is 26.7 Å². The lowest BCUT2D eigenvalue weighted by molar-refractivity contribution is -0.384. The predicted octanol–water partition coefficient (Wildman–Crippen LogP) is 2.95. The van der Waals surface area contributed by atoms with Crippen molar-refractivity contribution in [2.24, 2.45) is 5.16 Å². The summed E-state index contributed by atoms with van der Waals surface area (Å²) in [4.78, 5) is 27.4. The maximum atomic E-state index is 12.2. The van der Waals surface area contributed by atoms with Crippen LogP contribution in [-0.4, -0.2) is 22.3 Å². The second-order valence-electron chi connectivity index (χ2n) is 4.76. The van der Waals surface area contributed by atoms with Gasteiger partial charge in [0.05, 0.1) is 16.0 Å². The largest absolute Gasteiger partial charge is 0.506 e. The third kappa shape index (κ3) is 3.31. The molecule has 2 rings (SSSR count). The first-order valence-corrected chi connectivity index (χ1v) is 7.13. The van der Waals surface area contributed by atoms with Crippen molar-refractivity contribution < 1.29 is 19.3 Å². The van der Waals surface area contributed by atoms with E-state index in [1.807, 2.05) is 6.92 Å². The zero-order chi connectivity index (χ0) is 17.0. The van der Waals surface area contributed by atoms with E-state index >= 15 is 0 Å². The number of nitrogens with zero attached hydrogens (tertiary/aromatic N) is 2. The third-order valence-electron chi connectivity index (χ3n) is 3.15. The van der Waals surface area contributed by atoms with Gasteiger partial charge in [0.1, 0.15) is 23.5 Å². The summed E-state index contributed by atoms with van der Waals surface area (Å²) in [7, 11) is 0. The molecule has 2 aromatic rings. The summed E-state index contributed by atoms with van der Waals surface area (Å²) in [6.07, 6.45) is 1.05. The van der Waals surface area contributed by atoms with Crippen LogP contribution in [0, 0.1) is 10.1 Å². The molecular formula is C15H16N2O6. The van der Waals surface area contributed by atoms with Gasteiger partial charge in [-0.3, -0.25) is 10.1 Å². The van der Waals surface area contributed by atoms with Gasteiger partial charge in [-0.15, -0.1) is 0 Å². The molecule has 1 heterocycles. The number of oxime groups is 1. The topological polar surface area (TPSA) is 115 Å². The molecule has 23 heavy (non-hydrogen) atoms. The zero-order valence-corrected chi connectivity index (χ0v) is 12.7. The monoisotopic (exact) mass is 320 g/mol. The Bertz CT molecular complexity index is 825. The standard InChI is InChI=1S/C15H16N2O6/c1-3-5-11(16-22-4-2)13-14(18)10-8-9(17(20)21)6-7-12(10)23-15(13)19/h6-8,18H,3-5H2,1-2H3/b16-11+. The van der Waals surface area contributed by atoms with Crippen LogP contribution in [0.25, 0.3) is 11.0 Å². The van der Waals surface area contributed by atoms with Crippen molar-refractivity contribution in [1.82, 2.24) is 0 Å². The highest BCUT2D eigenvalue weighted by Gasteiger charge is 2.21. The lowest BCUT2D eigenvalue weighted by atomic mass is 10.0. The minimum Gasteiger partial charge on any atom is -0.506 e. The number of rotatable bonds is 6. The smallest absolute Gasteiger partial charge is 0.349 e. The van der Waals surface area contributed by atoms with Crippen LogP contribution in [0.2, 0.25) is 0 Å². The SMILES string of the molecule is CCC/C(=N\OCC)c1c(O)c2cc([N+](=O)[O-])ccc2oc1=O. The van der Waals surface area contributed by atoms with Crippen molar-refractivity contribution in [3.8, 4) is 5.75 Å². The quantitative estimate of drug-likeness (QED) is 0.378. The highest BCUT2D eigenvalue weighted by atomic mass is 16.6.